The van der Waals surface area contributed by atoms with Crippen molar-refractivity contribution in [2.75, 3.05) is 10.6 Å². The van der Waals surface area contributed by atoms with E-state index < -0.39 is 6.04 Å². The molecule has 0 saturated heterocycles. The number of rotatable bonds is 3. The second-order valence-corrected chi connectivity index (χ2v) is 4.86. The van der Waals surface area contributed by atoms with E-state index in [4.69, 9.17) is 5.73 Å². The normalized spacial score (nSPS) is 15.2. The molecule has 1 aliphatic rings. The van der Waals surface area contributed by atoms with Gasteiger partial charge in [-0.15, -0.1) is 0 Å². The van der Waals surface area contributed by atoms with Crippen molar-refractivity contribution >= 4 is 23.2 Å². The van der Waals surface area contributed by atoms with E-state index in [1.165, 1.54) is 0 Å². The molecular weight excluding hydrogens is 230 g/mol. The van der Waals surface area contributed by atoms with Gasteiger partial charge < -0.3 is 16.4 Å². The van der Waals surface area contributed by atoms with Crippen LogP contribution in [0.1, 0.15) is 19.4 Å². The highest BCUT2D eigenvalue weighted by atomic mass is 16.2. The Bertz CT molecular complexity index is 497. The predicted molar refractivity (Wildman–Crippen MR) is 70.2 cm³/mol. The summed E-state index contributed by atoms with van der Waals surface area (Å²) in [6.45, 7) is 3.80. The van der Waals surface area contributed by atoms with E-state index in [-0.39, 0.29) is 17.7 Å². The third kappa shape index (κ3) is 2.51. The Morgan fingerprint density at radius 3 is 2.83 bits per heavy atom. The zero-order valence-electron chi connectivity index (χ0n) is 10.5. The molecule has 0 unspecified atom stereocenters. The number of anilines is 2. The summed E-state index contributed by atoms with van der Waals surface area (Å²) >= 11 is 0. The Kier molecular flexibility index (Phi) is 3.34. The van der Waals surface area contributed by atoms with Crippen LogP contribution in [-0.4, -0.2) is 17.9 Å². The predicted octanol–water partition coefficient (Wildman–Crippen LogP) is 1.10. The maximum atomic E-state index is 11.8. The number of amides is 2. The van der Waals surface area contributed by atoms with E-state index >= 15 is 0 Å². The minimum atomic E-state index is -0.530. The first kappa shape index (κ1) is 12.6. The summed E-state index contributed by atoms with van der Waals surface area (Å²) in [7, 11) is 0. The van der Waals surface area contributed by atoms with Crippen LogP contribution in [0.5, 0.6) is 0 Å². The van der Waals surface area contributed by atoms with Crippen molar-refractivity contribution in [2.45, 2.75) is 26.3 Å². The van der Waals surface area contributed by atoms with Gasteiger partial charge in [0.25, 0.3) is 0 Å². The fourth-order valence-corrected chi connectivity index (χ4v) is 1.84. The molecular formula is C13H17N3O2. The first-order chi connectivity index (χ1) is 8.47. The van der Waals surface area contributed by atoms with Crippen LogP contribution in [-0.2, 0) is 16.0 Å². The van der Waals surface area contributed by atoms with Crippen LogP contribution in [0.2, 0.25) is 0 Å². The largest absolute Gasteiger partial charge is 0.326 e. The van der Waals surface area contributed by atoms with Gasteiger partial charge >= 0.3 is 0 Å². The molecule has 0 saturated carbocycles. The summed E-state index contributed by atoms with van der Waals surface area (Å²) in [5.41, 5.74) is 8.15. The van der Waals surface area contributed by atoms with Crippen LogP contribution in [0, 0.1) is 5.92 Å². The van der Waals surface area contributed by atoms with E-state index in [1.807, 2.05) is 13.8 Å². The van der Waals surface area contributed by atoms with Gasteiger partial charge in [0.1, 0.15) is 0 Å². The molecule has 1 aromatic rings. The van der Waals surface area contributed by atoms with Gasteiger partial charge in [0.15, 0.2) is 0 Å². The maximum absolute atomic E-state index is 11.8. The number of hydrogen-bond acceptors (Lipinski definition) is 3. The summed E-state index contributed by atoms with van der Waals surface area (Å²) < 4.78 is 0. The van der Waals surface area contributed by atoms with E-state index in [9.17, 15) is 9.59 Å². The van der Waals surface area contributed by atoms with Gasteiger partial charge in [-0.3, -0.25) is 9.59 Å². The topological polar surface area (TPSA) is 84.2 Å². The molecule has 1 heterocycles. The minimum Gasteiger partial charge on any atom is -0.326 e. The van der Waals surface area contributed by atoms with Crippen molar-refractivity contribution in [1.29, 1.82) is 0 Å². The first-order valence-corrected chi connectivity index (χ1v) is 5.96. The van der Waals surface area contributed by atoms with Gasteiger partial charge in [-0.1, -0.05) is 13.8 Å². The van der Waals surface area contributed by atoms with Gasteiger partial charge in [-0.05, 0) is 29.7 Å². The van der Waals surface area contributed by atoms with Crippen molar-refractivity contribution in [3.63, 3.8) is 0 Å². The van der Waals surface area contributed by atoms with Crippen LogP contribution >= 0.6 is 0 Å². The number of fused-ring (bicyclic) bond motifs is 1. The molecule has 5 nitrogen and oxygen atoms in total. The van der Waals surface area contributed by atoms with Crippen LogP contribution in [0.4, 0.5) is 11.4 Å². The van der Waals surface area contributed by atoms with E-state index in [0.29, 0.717) is 12.1 Å². The molecule has 0 bridgehead atoms. The maximum Gasteiger partial charge on any atom is 0.241 e. The average molecular weight is 247 g/mol. The smallest absolute Gasteiger partial charge is 0.241 e. The number of hydrogen-bond donors (Lipinski definition) is 3. The van der Waals surface area contributed by atoms with E-state index in [1.54, 1.807) is 18.2 Å². The highest BCUT2D eigenvalue weighted by Crippen LogP contribution is 2.26. The number of carbonyl (C=O) groups is 2. The van der Waals surface area contributed by atoms with Gasteiger partial charge in [0.05, 0.1) is 12.5 Å². The lowest BCUT2D eigenvalue weighted by Crippen LogP contribution is -2.39. The monoisotopic (exact) mass is 247 g/mol. The van der Waals surface area contributed by atoms with Crippen LogP contribution in [0.3, 0.4) is 0 Å². The van der Waals surface area contributed by atoms with Gasteiger partial charge in [0.2, 0.25) is 11.8 Å². The Labute approximate surface area is 106 Å². The lowest BCUT2D eigenvalue weighted by molar-refractivity contribution is -0.118. The second-order valence-electron chi connectivity index (χ2n) is 4.86. The van der Waals surface area contributed by atoms with E-state index in [2.05, 4.69) is 10.6 Å². The number of nitrogens with one attached hydrogen (secondary N) is 2. The van der Waals surface area contributed by atoms with Gasteiger partial charge in [0, 0.05) is 11.4 Å². The number of benzene rings is 1. The Hall–Kier alpha value is -1.88. The molecule has 2 amide bonds. The van der Waals surface area contributed by atoms with Crippen LogP contribution in [0.15, 0.2) is 18.2 Å². The molecule has 0 radical (unpaired) electrons. The molecule has 96 valence electrons. The summed E-state index contributed by atoms with van der Waals surface area (Å²) in [6.07, 6.45) is 0.356. The quantitative estimate of drug-likeness (QED) is 0.748. The summed E-state index contributed by atoms with van der Waals surface area (Å²) in [6, 6.07) is 4.82. The number of nitrogens with two attached hydrogens (primary N) is 1. The third-order valence-electron chi connectivity index (χ3n) is 3.02. The van der Waals surface area contributed by atoms with Gasteiger partial charge in [-0.25, -0.2) is 0 Å². The van der Waals surface area contributed by atoms with Gasteiger partial charge in [-0.2, -0.15) is 0 Å². The fraction of sp³-hybridized carbons (Fsp3) is 0.385. The molecule has 0 fully saturated rings. The minimum absolute atomic E-state index is 0.0210. The lowest BCUT2D eigenvalue weighted by Gasteiger charge is -2.15. The highest BCUT2D eigenvalue weighted by Gasteiger charge is 2.20. The lowest BCUT2D eigenvalue weighted by atomic mass is 10.0. The molecule has 1 aliphatic heterocycles. The highest BCUT2D eigenvalue weighted by molar-refractivity contribution is 6.00. The Morgan fingerprint density at radius 2 is 2.17 bits per heavy atom. The molecule has 2 rings (SSSR count). The van der Waals surface area contributed by atoms with Crippen LogP contribution in [0.25, 0.3) is 0 Å². The zero-order valence-corrected chi connectivity index (χ0v) is 10.5. The molecule has 4 N–H and O–H groups in total. The summed E-state index contributed by atoms with van der Waals surface area (Å²) in [4.78, 5) is 23.0. The molecule has 0 spiro atoms. The van der Waals surface area contributed by atoms with Crippen molar-refractivity contribution in [2.24, 2.45) is 11.7 Å². The van der Waals surface area contributed by atoms with Crippen molar-refractivity contribution < 1.29 is 9.59 Å². The molecule has 1 aromatic carbocycles. The van der Waals surface area contributed by atoms with Crippen molar-refractivity contribution in [1.82, 2.24) is 0 Å². The molecule has 0 aliphatic carbocycles. The average Bonchev–Trinajstić information content (AvgIpc) is 2.67. The molecule has 5 heteroatoms. The van der Waals surface area contributed by atoms with Crippen LogP contribution < -0.4 is 16.4 Å². The summed E-state index contributed by atoms with van der Waals surface area (Å²) in [5.74, 6) is -0.141. The Morgan fingerprint density at radius 1 is 1.44 bits per heavy atom. The summed E-state index contributed by atoms with van der Waals surface area (Å²) in [5, 5.41) is 5.51. The van der Waals surface area contributed by atoms with Crippen molar-refractivity contribution in [3.8, 4) is 0 Å². The molecule has 1 atom stereocenters. The number of carbonyl (C=O) groups excluding carboxylic acids is 2. The Balaban J connectivity index is 2.10. The second kappa shape index (κ2) is 4.78. The zero-order chi connectivity index (χ0) is 13.3. The third-order valence-corrected chi connectivity index (χ3v) is 3.02. The standard InChI is InChI=1S/C13H17N3O2/c1-7(2)12(14)13(18)15-9-3-4-10-8(5-9)6-11(17)16-10/h3-5,7,12H,6,14H2,1-2H3,(H,15,18)(H,16,17)/t12-/m0/s1. The van der Waals surface area contributed by atoms with E-state index in [0.717, 1.165) is 11.3 Å². The first-order valence-electron chi connectivity index (χ1n) is 5.96. The SMILES string of the molecule is CC(C)[C@H](N)C(=O)Nc1ccc2c(c1)CC(=O)N2. The molecule has 18 heavy (non-hydrogen) atoms. The molecule has 0 aromatic heterocycles. The fourth-order valence-electron chi connectivity index (χ4n) is 1.84. The van der Waals surface area contributed by atoms with Crippen molar-refractivity contribution in [3.05, 3.63) is 23.8 Å².